The molecule has 4 N–H and O–H groups in total. The van der Waals surface area contributed by atoms with Crippen LogP contribution < -0.4 is 11.5 Å². The van der Waals surface area contributed by atoms with E-state index in [1.54, 1.807) is 6.07 Å². The summed E-state index contributed by atoms with van der Waals surface area (Å²) in [5.41, 5.74) is 13.9. The van der Waals surface area contributed by atoms with E-state index in [0.29, 0.717) is 5.56 Å². The lowest BCUT2D eigenvalue weighted by atomic mass is 10.1. The van der Waals surface area contributed by atoms with Crippen LogP contribution in [-0.2, 0) is 12.7 Å². The van der Waals surface area contributed by atoms with Gasteiger partial charge < -0.3 is 11.5 Å². The minimum atomic E-state index is -4.27. The quantitative estimate of drug-likeness (QED) is 0.636. The van der Waals surface area contributed by atoms with Crippen molar-refractivity contribution in [2.75, 3.05) is 5.73 Å². The van der Waals surface area contributed by atoms with E-state index < -0.39 is 11.7 Å². The van der Waals surface area contributed by atoms with E-state index in [1.807, 2.05) is 42.5 Å². The van der Waals surface area contributed by atoms with E-state index in [0.717, 1.165) is 17.8 Å². The number of rotatable bonds is 2. The molecule has 0 unspecified atom stereocenters. The second-order valence-electron chi connectivity index (χ2n) is 5.39. The van der Waals surface area contributed by atoms with E-state index in [4.69, 9.17) is 11.5 Å². The van der Waals surface area contributed by atoms with Gasteiger partial charge in [-0.25, -0.2) is 0 Å². The van der Waals surface area contributed by atoms with Crippen LogP contribution in [0, 0.1) is 0 Å². The fraction of sp³-hybridized carbons (Fsp3) is 0.100. The molecule has 0 saturated heterocycles. The Morgan fingerprint density at radius 1 is 0.720 bits per heavy atom. The SMILES string of the molecule is NCc1cccc(C(F)(F)F)c1.Nc1ccc(-c2ccccc2)cc1. The molecule has 130 valence electrons. The minimum absolute atomic E-state index is 0.129. The molecule has 0 radical (unpaired) electrons. The molecule has 3 aromatic carbocycles. The fourth-order valence-electron chi connectivity index (χ4n) is 2.18. The first kappa shape index (κ1) is 18.5. The molecular formula is C20H19F3N2. The van der Waals surface area contributed by atoms with Gasteiger partial charge in [0.1, 0.15) is 0 Å². The predicted octanol–water partition coefficient (Wildman–Crippen LogP) is 5.10. The van der Waals surface area contributed by atoms with E-state index in [2.05, 4.69) is 12.1 Å². The van der Waals surface area contributed by atoms with Crippen LogP contribution in [0.1, 0.15) is 11.1 Å². The number of alkyl halides is 3. The number of nitrogens with two attached hydrogens (primary N) is 2. The van der Waals surface area contributed by atoms with Crippen LogP contribution in [0.3, 0.4) is 0 Å². The highest BCUT2D eigenvalue weighted by Gasteiger charge is 2.30. The first-order valence-corrected chi connectivity index (χ1v) is 7.67. The first-order chi connectivity index (χ1) is 11.9. The molecule has 25 heavy (non-hydrogen) atoms. The number of anilines is 1. The molecule has 3 rings (SSSR count). The Morgan fingerprint density at radius 3 is 1.88 bits per heavy atom. The molecule has 0 fully saturated rings. The summed E-state index contributed by atoms with van der Waals surface area (Å²) in [5, 5.41) is 0. The summed E-state index contributed by atoms with van der Waals surface area (Å²) < 4.78 is 36.2. The predicted molar refractivity (Wildman–Crippen MR) is 95.6 cm³/mol. The lowest BCUT2D eigenvalue weighted by molar-refractivity contribution is -0.137. The molecule has 0 atom stereocenters. The van der Waals surface area contributed by atoms with Gasteiger partial charge in [0.15, 0.2) is 0 Å². The maximum Gasteiger partial charge on any atom is 0.416 e. The van der Waals surface area contributed by atoms with Crippen LogP contribution in [0.5, 0.6) is 0 Å². The van der Waals surface area contributed by atoms with Gasteiger partial charge in [0.2, 0.25) is 0 Å². The van der Waals surface area contributed by atoms with Crippen LogP contribution >= 0.6 is 0 Å². The average molecular weight is 344 g/mol. The van der Waals surface area contributed by atoms with Crippen molar-refractivity contribution in [2.24, 2.45) is 5.73 Å². The largest absolute Gasteiger partial charge is 0.416 e. The Bertz CT molecular complexity index is 782. The van der Waals surface area contributed by atoms with Crippen molar-refractivity contribution >= 4 is 5.69 Å². The molecule has 0 aliphatic carbocycles. The maximum absolute atomic E-state index is 12.1. The van der Waals surface area contributed by atoms with Crippen molar-refractivity contribution in [3.8, 4) is 11.1 Å². The summed E-state index contributed by atoms with van der Waals surface area (Å²) in [7, 11) is 0. The minimum Gasteiger partial charge on any atom is -0.399 e. The van der Waals surface area contributed by atoms with Gasteiger partial charge in [0.25, 0.3) is 0 Å². The van der Waals surface area contributed by atoms with Gasteiger partial charge in [-0.05, 0) is 34.9 Å². The van der Waals surface area contributed by atoms with Gasteiger partial charge in [-0.1, -0.05) is 60.7 Å². The van der Waals surface area contributed by atoms with Crippen molar-refractivity contribution < 1.29 is 13.2 Å². The molecule has 0 saturated carbocycles. The average Bonchev–Trinajstić information content (AvgIpc) is 2.63. The fourth-order valence-corrected chi connectivity index (χ4v) is 2.18. The Morgan fingerprint density at radius 2 is 1.32 bits per heavy atom. The number of halogens is 3. The zero-order valence-corrected chi connectivity index (χ0v) is 13.5. The van der Waals surface area contributed by atoms with Crippen molar-refractivity contribution in [1.82, 2.24) is 0 Å². The summed E-state index contributed by atoms with van der Waals surface area (Å²) in [4.78, 5) is 0. The summed E-state index contributed by atoms with van der Waals surface area (Å²) in [6.45, 7) is 0.129. The summed E-state index contributed by atoms with van der Waals surface area (Å²) in [6.07, 6.45) is -4.27. The zero-order chi connectivity index (χ0) is 18.3. The Labute approximate surface area is 144 Å². The highest BCUT2D eigenvalue weighted by atomic mass is 19.4. The third kappa shape index (κ3) is 5.65. The van der Waals surface area contributed by atoms with Crippen molar-refractivity contribution in [3.63, 3.8) is 0 Å². The molecule has 5 heteroatoms. The van der Waals surface area contributed by atoms with Gasteiger partial charge >= 0.3 is 6.18 Å². The van der Waals surface area contributed by atoms with Gasteiger partial charge in [-0.3, -0.25) is 0 Å². The molecule has 0 heterocycles. The molecule has 0 spiro atoms. The molecule has 0 aliphatic heterocycles. The van der Waals surface area contributed by atoms with Crippen molar-refractivity contribution in [1.29, 1.82) is 0 Å². The molecule has 0 amide bonds. The summed E-state index contributed by atoms with van der Waals surface area (Å²) in [5.74, 6) is 0. The van der Waals surface area contributed by atoms with Crippen molar-refractivity contribution in [3.05, 3.63) is 90.0 Å². The van der Waals surface area contributed by atoms with Crippen LogP contribution in [0.2, 0.25) is 0 Å². The molecule has 3 aromatic rings. The molecule has 0 aliphatic rings. The maximum atomic E-state index is 12.1. The number of hydrogen-bond donors (Lipinski definition) is 2. The van der Waals surface area contributed by atoms with E-state index in [1.165, 1.54) is 17.2 Å². The smallest absolute Gasteiger partial charge is 0.399 e. The summed E-state index contributed by atoms with van der Waals surface area (Å²) in [6, 6.07) is 23.2. The highest BCUT2D eigenvalue weighted by Crippen LogP contribution is 2.29. The Hall–Kier alpha value is -2.79. The number of nitrogen functional groups attached to an aromatic ring is 1. The highest BCUT2D eigenvalue weighted by molar-refractivity contribution is 5.65. The molecule has 0 bridgehead atoms. The Kier molecular flexibility index (Phi) is 6.19. The van der Waals surface area contributed by atoms with E-state index in [9.17, 15) is 13.2 Å². The normalized spacial score (nSPS) is 10.7. The second-order valence-corrected chi connectivity index (χ2v) is 5.39. The van der Waals surface area contributed by atoms with Gasteiger partial charge in [-0.15, -0.1) is 0 Å². The van der Waals surface area contributed by atoms with Gasteiger partial charge in [0.05, 0.1) is 5.56 Å². The third-order valence-electron chi connectivity index (χ3n) is 3.51. The zero-order valence-electron chi connectivity index (χ0n) is 13.5. The van der Waals surface area contributed by atoms with Crippen molar-refractivity contribution in [2.45, 2.75) is 12.7 Å². The lowest BCUT2D eigenvalue weighted by Crippen LogP contribution is -2.06. The summed E-state index contributed by atoms with van der Waals surface area (Å²) >= 11 is 0. The molecule has 2 nitrogen and oxygen atoms in total. The van der Waals surface area contributed by atoms with Crippen LogP contribution in [0.25, 0.3) is 11.1 Å². The number of benzene rings is 3. The standard InChI is InChI=1S/C12H11N.C8H8F3N/c13-12-8-6-11(7-9-12)10-4-2-1-3-5-10;9-8(10,11)7-3-1-2-6(4-7)5-12/h1-9H,13H2;1-4H,5,12H2. The van der Waals surface area contributed by atoms with E-state index >= 15 is 0 Å². The van der Waals surface area contributed by atoms with Crippen LogP contribution in [0.15, 0.2) is 78.9 Å². The molecular weight excluding hydrogens is 325 g/mol. The first-order valence-electron chi connectivity index (χ1n) is 7.67. The van der Waals surface area contributed by atoms with Crippen LogP contribution in [-0.4, -0.2) is 0 Å². The van der Waals surface area contributed by atoms with Gasteiger partial charge in [0, 0.05) is 12.2 Å². The topological polar surface area (TPSA) is 52.0 Å². The lowest BCUT2D eigenvalue weighted by Gasteiger charge is -2.06. The molecule has 0 aromatic heterocycles. The second kappa shape index (κ2) is 8.35. The monoisotopic (exact) mass is 344 g/mol. The van der Waals surface area contributed by atoms with E-state index in [-0.39, 0.29) is 6.54 Å². The van der Waals surface area contributed by atoms with Crippen LogP contribution in [0.4, 0.5) is 18.9 Å². The third-order valence-corrected chi connectivity index (χ3v) is 3.51. The Balaban J connectivity index is 0.000000181. The van der Waals surface area contributed by atoms with Gasteiger partial charge in [-0.2, -0.15) is 13.2 Å². The number of hydrogen-bond acceptors (Lipinski definition) is 2.